The van der Waals surface area contributed by atoms with Gasteiger partial charge in [0, 0.05) is 16.5 Å². The van der Waals surface area contributed by atoms with Gasteiger partial charge < -0.3 is 10.1 Å². The number of carbonyl (C=O) groups excluding carboxylic acids is 1. The van der Waals surface area contributed by atoms with E-state index in [1.165, 1.54) is 5.56 Å². The molecule has 148 valence electrons. The minimum Gasteiger partial charge on any atom is -0.489 e. The van der Waals surface area contributed by atoms with Crippen molar-refractivity contribution in [2.45, 2.75) is 38.0 Å². The van der Waals surface area contributed by atoms with Crippen molar-refractivity contribution in [2.75, 3.05) is 11.9 Å². The molecule has 1 saturated carbocycles. The molecular weight excluding hydrogens is 358 g/mol. The van der Waals surface area contributed by atoms with E-state index in [4.69, 9.17) is 4.74 Å². The highest BCUT2D eigenvalue weighted by Gasteiger charge is 2.42. The summed E-state index contributed by atoms with van der Waals surface area (Å²) in [5.74, 6) is 0.886. The zero-order valence-corrected chi connectivity index (χ0v) is 16.9. The maximum atomic E-state index is 13.6. The number of anilines is 1. The summed E-state index contributed by atoms with van der Waals surface area (Å²) in [4.78, 5) is 13.6. The second-order valence-electron chi connectivity index (χ2n) is 7.87. The number of hydrogen-bond acceptors (Lipinski definition) is 2. The Bertz CT molecular complexity index is 1030. The van der Waals surface area contributed by atoms with E-state index in [0.29, 0.717) is 6.61 Å². The van der Waals surface area contributed by atoms with Crippen molar-refractivity contribution in [3.05, 3.63) is 84.4 Å². The molecule has 29 heavy (non-hydrogen) atoms. The molecule has 1 amide bonds. The Hall–Kier alpha value is -3.07. The maximum absolute atomic E-state index is 13.6. The first-order valence-electron chi connectivity index (χ1n) is 10.3. The SMILES string of the molecule is C=CCOc1ccc(NC(=O)C2(c3ccc(C)cc3)CCCC2)c2ccccc12. The fourth-order valence-corrected chi connectivity index (χ4v) is 4.39. The first-order chi connectivity index (χ1) is 14.1. The van der Waals surface area contributed by atoms with Crippen molar-refractivity contribution in [3.63, 3.8) is 0 Å². The number of ether oxygens (including phenoxy) is 1. The van der Waals surface area contributed by atoms with Crippen LogP contribution in [0.3, 0.4) is 0 Å². The largest absolute Gasteiger partial charge is 0.489 e. The zero-order chi connectivity index (χ0) is 20.3. The van der Waals surface area contributed by atoms with Crippen LogP contribution < -0.4 is 10.1 Å². The average molecular weight is 386 g/mol. The fraction of sp³-hybridized carbons (Fsp3) is 0.269. The van der Waals surface area contributed by atoms with E-state index in [9.17, 15) is 4.79 Å². The highest BCUT2D eigenvalue weighted by molar-refractivity contribution is 6.07. The van der Waals surface area contributed by atoms with Gasteiger partial charge in [0.25, 0.3) is 0 Å². The van der Waals surface area contributed by atoms with Gasteiger partial charge in [-0.25, -0.2) is 0 Å². The van der Waals surface area contributed by atoms with Gasteiger partial charge in [0.15, 0.2) is 0 Å². The molecule has 0 atom stereocenters. The molecule has 3 heteroatoms. The first kappa shape index (κ1) is 19.3. The Morgan fingerprint density at radius 1 is 1.03 bits per heavy atom. The Balaban J connectivity index is 1.69. The van der Waals surface area contributed by atoms with Gasteiger partial charge in [-0.05, 0) is 37.5 Å². The molecule has 4 rings (SSSR count). The summed E-state index contributed by atoms with van der Waals surface area (Å²) >= 11 is 0. The van der Waals surface area contributed by atoms with Crippen LogP contribution in [0.4, 0.5) is 5.69 Å². The monoisotopic (exact) mass is 385 g/mol. The summed E-state index contributed by atoms with van der Waals surface area (Å²) in [6, 6.07) is 20.3. The second-order valence-corrected chi connectivity index (χ2v) is 7.87. The second kappa shape index (κ2) is 8.12. The predicted octanol–water partition coefficient (Wildman–Crippen LogP) is 6.16. The number of nitrogens with one attached hydrogen (secondary N) is 1. The molecule has 1 aliphatic carbocycles. The van der Waals surface area contributed by atoms with E-state index in [1.807, 2.05) is 36.4 Å². The van der Waals surface area contributed by atoms with Gasteiger partial charge in [0.1, 0.15) is 12.4 Å². The van der Waals surface area contributed by atoms with Crippen molar-refractivity contribution in [2.24, 2.45) is 0 Å². The highest BCUT2D eigenvalue weighted by atomic mass is 16.5. The zero-order valence-electron chi connectivity index (χ0n) is 16.9. The summed E-state index contributed by atoms with van der Waals surface area (Å²) in [6.45, 7) is 6.24. The molecular formula is C26H27NO2. The Kier molecular flexibility index (Phi) is 5.39. The topological polar surface area (TPSA) is 38.3 Å². The molecule has 0 aliphatic heterocycles. The minimum absolute atomic E-state index is 0.0868. The normalized spacial score (nSPS) is 15.2. The van der Waals surface area contributed by atoms with Crippen LogP contribution in [-0.4, -0.2) is 12.5 Å². The third-order valence-corrected chi connectivity index (χ3v) is 5.98. The van der Waals surface area contributed by atoms with Gasteiger partial charge in [-0.3, -0.25) is 4.79 Å². The van der Waals surface area contributed by atoms with Gasteiger partial charge >= 0.3 is 0 Å². The lowest BCUT2D eigenvalue weighted by Gasteiger charge is -2.29. The lowest BCUT2D eigenvalue weighted by atomic mass is 9.77. The van der Waals surface area contributed by atoms with Crippen LogP contribution in [0.15, 0.2) is 73.3 Å². The van der Waals surface area contributed by atoms with Gasteiger partial charge in [0.05, 0.1) is 5.41 Å². The minimum atomic E-state index is -0.452. The van der Waals surface area contributed by atoms with Crippen LogP contribution in [0.2, 0.25) is 0 Å². The van der Waals surface area contributed by atoms with Crippen molar-refractivity contribution in [1.82, 2.24) is 0 Å². The first-order valence-corrected chi connectivity index (χ1v) is 10.3. The Labute approximate surface area is 172 Å². The molecule has 1 aliphatic rings. The number of fused-ring (bicyclic) bond motifs is 1. The number of rotatable bonds is 6. The van der Waals surface area contributed by atoms with Gasteiger partial charge in [0.2, 0.25) is 5.91 Å². The molecule has 0 heterocycles. The van der Waals surface area contributed by atoms with Crippen molar-refractivity contribution >= 4 is 22.4 Å². The van der Waals surface area contributed by atoms with Gasteiger partial charge in [-0.15, -0.1) is 0 Å². The summed E-state index contributed by atoms with van der Waals surface area (Å²) in [7, 11) is 0. The third-order valence-electron chi connectivity index (χ3n) is 5.98. The van der Waals surface area contributed by atoms with Gasteiger partial charge in [-0.1, -0.05) is 79.6 Å². The van der Waals surface area contributed by atoms with Gasteiger partial charge in [-0.2, -0.15) is 0 Å². The molecule has 3 aromatic carbocycles. The predicted molar refractivity (Wildman–Crippen MR) is 120 cm³/mol. The molecule has 1 fully saturated rings. The van der Waals surface area contributed by atoms with Crippen LogP contribution in [0, 0.1) is 6.92 Å². The quantitative estimate of drug-likeness (QED) is 0.516. The standard InChI is InChI=1S/C26H27NO2/c1-3-18-29-24-15-14-23(21-8-4-5-9-22(21)24)27-25(28)26(16-6-7-17-26)20-12-10-19(2)11-13-20/h3-5,8-15H,1,6-7,16-18H2,2H3,(H,27,28). The number of hydrogen-bond donors (Lipinski definition) is 1. The lowest BCUT2D eigenvalue weighted by Crippen LogP contribution is -2.38. The van der Waals surface area contributed by atoms with E-state index in [1.54, 1.807) is 6.08 Å². The van der Waals surface area contributed by atoms with E-state index in [2.05, 4.69) is 43.1 Å². The molecule has 0 bridgehead atoms. The van der Waals surface area contributed by atoms with Crippen LogP contribution in [-0.2, 0) is 10.2 Å². The number of aryl methyl sites for hydroxylation is 1. The molecule has 0 spiro atoms. The lowest BCUT2D eigenvalue weighted by molar-refractivity contribution is -0.121. The Morgan fingerprint density at radius 2 is 1.72 bits per heavy atom. The van der Waals surface area contributed by atoms with Crippen LogP contribution in [0.25, 0.3) is 10.8 Å². The van der Waals surface area contributed by atoms with E-state index in [-0.39, 0.29) is 5.91 Å². The molecule has 3 nitrogen and oxygen atoms in total. The van der Waals surface area contributed by atoms with Crippen LogP contribution in [0.1, 0.15) is 36.8 Å². The molecule has 0 saturated heterocycles. The maximum Gasteiger partial charge on any atom is 0.235 e. The van der Waals surface area contributed by atoms with E-state index >= 15 is 0 Å². The average Bonchev–Trinajstić information content (AvgIpc) is 3.25. The molecule has 0 radical (unpaired) electrons. The summed E-state index contributed by atoms with van der Waals surface area (Å²) in [5, 5.41) is 5.22. The molecule has 0 aromatic heterocycles. The van der Waals surface area contributed by atoms with E-state index < -0.39 is 5.41 Å². The highest BCUT2D eigenvalue weighted by Crippen LogP contribution is 2.43. The number of amides is 1. The van der Waals surface area contributed by atoms with Crippen LogP contribution in [0.5, 0.6) is 5.75 Å². The molecule has 3 aromatic rings. The molecule has 1 N–H and O–H groups in total. The molecule has 0 unspecified atom stereocenters. The van der Waals surface area contributed by atoms with E-state index in [0.717, 1.165) is 53.5 Å². The van der Waals surface area contributed by atoms with Crippen molar-refractivity contribution in [1.29, 1.82) is 0 Å². The van der Waals surface area contributed by atoms with Crippen molar-refractivity contribution in [3.8, 4) is 5.75 Å². The summed E-state index contributed by atoms with van der Waals surface area (Å²) < 4.78 is 5.80. The smallest absolute Gasteiger partial charge is 0.235 e. The summed E-state index contributed by atoms with van der Waals surface area (Å²) in [5.41, 5.74) is 2.71. The Morgan fingerprint density at radius 3 is 2.41 bits per heavy atom. The number of carbonyl (C=O) groups is 1. The third kappa shape index (κ3) is 3.65. The fourth-order valence-electron chi connectivity index (χ4n) is 4.39. The summed E-state index contributed by atoms with van der Waals surface area (Å²) in [6.07, 6.45) is 5.67. The number of benzene rings is 3. The van der Waals surface area contributed by atoms with Crippen LogP contribution >= 0.6 is 0 Å². The van der Waals surface area contributed by atoms with Crippen molar-refractivity contribution < 1.29 is 9.53 Å².